The van der Waals surface area contributed by atoms with E-state index in [2.05, 4.69) is 52.8 Å². The number of hydrogen-bond acceptors (Lipinski definition) is 8. The minimum atomic E-state index is 0.141. The first-order valence-corrected chi connectivity index (χ1v) is 12.0. The Morgan fingerprint density at radius 1 is 1.20 bits per heavy atom. The van der Waals surface area contributed by atoms with Crippen LogP contribution in [-0.2, 0) is 6.54 Å². The summed E-state index contributed by atoms with van der Waals surface area (Å²) in [7, 11) is 0. The monoisotopic (exact) mass is 471 g/mol. The molecular weight excluding hydrogens is 442 g/mol. The van der Waals surface area contributed by atoms with Crippen LogP contribution in [0.1, 0.15) is 38.3 Å². The number of anilines is 2. The lowest BCUT2D eigenvalue weighted by molar-refractivity contribution is 0.206. The lowest BCUT2D eigenvalue weighted by atomic mass is 10.1. The van der Waals surface area contributed by atoms with Crippen LogP contribution in [0.3, 0.4) is 0 Å². The number of hydrogen-bond donors (Lipinski definition) is 3. The summed E-state index contributed by atoms with van der Waals surface area (Å²) in [4.78, 5) is 12.0. The predicted octanol–water partition coefficient (Wildman–Crippen LogP) is 3.11. The van der Waals surface area contributed by atoms with Gasteiger partial charge in [-0.3, -0.25) is 4.90 Å². The van der Waals surface area contributed by atoms with Gasteiger partial charge in [-0.1, -0.05) is 0 Å². The van der Waals surface area contributed by atoms with Gasteiger partial charge in [0.2, 0.25) is 5.82 Å². The van der Waals surface area contributed by atoms with Crippen molar-refractivity contribution in [2.75, 3.05) is 18.4 Å². The molecule has 5 aromatic rings. The Bertz CT molecular complexity index is 1470. The van der Waals surface area contributed by atoms with Crippen molar-refractivity contribution in [1.29, 1.82) is 0 Å². The number of rotatable bonds is 6. The molecule has 1 fully saturated rings. The van der Waals surface area contributed by atoms with E-state index < -0.39 is 0 Å². The van der Waals surface area contributed by atoms with E-state index in [0.717, 1.165) is 66.0 Å². The lowest BCUT2D eigenvalue weighted by Gasteiger charge is -2.29. The van der Waals surface area contributed by atoms with E-state index >= 15 is 0 Å². The number of tetrazole rings is 1. The third-order valence-electron chi connectivity index (χ3n) is 6.62. The van der Waals surface area contributed by atoms with Crippen molar-refractivity contribution in [2.24, 2.45) is 5.73 Å². The maximum atomic E-state index is 6.10. The van der Waals surface area contributed by atoms with Crippen LogP contribution in [0.25, 0.3) is 27.8 Å². The Kier molecular flexibility index (Phi) is 5.42. The van der Waals surface area contributed by atoms with Crippen LogP contribution in [0.4, 0.5) is 11.5 Å². The van der Waals surface area contributed by atoms with E-state index in [0.29, 0.717) is 11.9 Å². The van der Waals surface area contributed by atoms with Gasteiger partial charge in [0, 0.05) is 35.9 Å². The average molecular weight is 472 g/mol. The Labute approximate surface area is 202 Å². The maximum Gasteiger partial charge on any atom is 0.205 e. The Morgan fingerprint density at radius 3 is 2.86 bits per heavy atom. The largest absolute Gasteiger partial charge is 0.359 e. The summed E-state index contributed by atoms with van der Waals surface area (Å²) in [5.74, 6) is 1.34. The molecule has 1 aromatic carbocycles. The Balaban J connectivity index is 1.37. The molecule has 5 heterocycles. The fourth-order valence-corrected chi connectivity index (χ4v) is 4.68. The van der Waals surface area contributed by atoms with Gasteiger partial charge in [0.05, 0.1) is 17.2 Å². The van der Waals surface area contributed by atoms with Crippen LogP contribution in [0.5, 0.6) is 0 Å². The number of nitrogens with two attached hydrogens (primary N) is 1. The first-order valence-electron chi connectivity index (χ1n) is 12.0. The van der Waals surface area contributed by atoms with Crippen LogP contribution in [-0.4, -0.2) is 63.8 Å². The van der Waals surface area contributed by atoms with Gasteiger partial charge in [-0.15, -0.1) is 10.2 Å². The van der Waals surface area contributed by atoms with Gasteiger partial charge in [-0.25, -0.2) is 9.50 Å². The molecule has 1 aliphatic rings. The summed E-state index contributed by atoms with van der Waals surface area (Å²) in [6.45, 7) is 6.91. The second-order valence-electron chi connectivity index (χ2n) is 9.47. The zero-order valence-electron chi connectivity index (χ0n) is 19.9. The fraction of sp³-hybridized carbons (Fsp3) is 0.375. The number of fused-ring (bicyclic) bond motifs is 2. The number of H-pyrrole nitrogens is 1. The van der Waals surface area contributed by atoms with E-state index in [9.17, 15) is 0 Å². The first kappa shape index (κ1) is 21.7. The third kappa shape index (κ3) is 4.13. The minimum Gasteiger partial charge on any atom is -0.359 e. The van der Waals surface area contributed by atoms with Crippen LogP contribution >= 0.6 is 0 Å². The smallest absolute Gasteiger partial charge is 0.205 e. The van der Waals surface area contributed by atoms with Crippen LogP contribution in [0.15, 0.2) is 43.0 Å². The SMILES string of the molecule is CC(C)n1nnc(-c2cc(Nc3ncnn4ccc(CN5CCC(N)CC5)c34)c3[nH]ccc3c2)n1. The summed E-state index contributed by atoms with van der Waals surface area (Å²) >= 11 is 0. The van der Waals surface area contributed by atoms with Crippen LogP contribution < -0.4 is 11.1 Å². The quantitative estimate of drug-likeness (QED) is 0.344. The van der Waals surface area contributed by atoms with Crippen molar-refractivity contribution in [1.82, 2.24) is 44.7 Å². The van der Waals surface area contributed by atoms with Gasteiger partial charge >= 0.3 is 0 Å². The first-order chi connectivity index (χ1) is 17.0. The average Bonchev–Trinajstić information content (AvgIpc) is 3.61. The van der Waals surface area contributed by atoms with Gasteiger partial charge in [0.15, 0.2) is 5.82 Å². The highest BCUT2D eigenvalue weighted by atomic mass is 15.6. The topological polar surface area (TPSA) is 131 Å². The highest BCUT2D eigenvalue weighted by molar-refractivity contribution is 5.97. The number of aromatic amines is 1. The van der Waals surface area contributed by atoms with Crippen molar-refractivity contribution < 1.29 is 0 Å². The molecule has 0 saturated carbocycles. The standard InChI is InChI=1S/C24H29N11/c1-15(2)35-31-23(30-32-35)18-11-16-3-7-26-21(16)20(12-18)29-24-22-17(4-10-34(22)28-14-27-24)13-33-8-5-19(25)6-9-33/h3-4,7,10-12,14-15,19,26H,5-6,8-9,13,25H2,1-2H3,(H,27,28,29). The van der Waals surface area contributed by atoms with Crippen LogP contribution in [0.2, 0.25) is 0 Å². The third-order valence-corrected chi connectivity index (χ3v) is 6.62. The van der Waals surface area contributed by atoms with E-state index in [1.54, 1.807) is 11.1 Å². The summed E-state index contributed by atoms with van der Waals surface area (Å²) in [6.07, 6.45) is 7.55. The summed E-state index contributed by atoms with van der Waals surface area (Å²) < 4.78 is 1.88. The second-order valence-corrected chi connectivity index (χ2v) is 9.47. The fourth-order valence-electron chi connectivity index (χ4n) is 4.68. The van der Waals surface area contributed by atoms with Crippen molar-refractivity contribution in [3.05, 3.63) is 48.5 Å². The molecule has 6 rings (SSSR count). The molecule has 4 N–H and O–H groups in total. The summed E-state index contributed by atoms with van der Waals surface area (Å²) in [6, 6.07) is 8.72. The molecule has 11 heteroatoms. The molecule has 0 atom stereocenters. The lowest BCUT2D eigenvalue weighted by Crippen LogP contribution is -2.39. The molecular formula is C24H29N11. The summed E-state index contributed by atoms with van der Waals surface area (Å²) in [5, 5.41) is 22.1. The zero-order valence-corrected chi connectivity index (χ0v) is 19.9. The predicted molar refractivity (Wildman–Crippen MR) is 134 cm³/mol. The van der Waals surface area contributed by atoms with Gasteiger partial charge in [0.25, 0.3) is 0 Å². The molecule has 35 heavy (non-hydrogen) atoms. The number of aromatic nitrogens is 8. The van der Waals surface area contributed by atoms with Gasteiger partial charge in [-0.05, 0) is 74.8 Å². The molecule has 1 aliphatic heterocycles. The molecule has 1 saturated heterocycles. The number of likely N-dealkylation sites (tertiary alicyclic amines) is 1. The maximum absolute atomic E-state index is 6.10. The number of nitrogens with zero attached hydrogens (tertiary/aromatic N) is 8. The van der Waals surface area contributed by atoms with E-state index in [4.69, 9.17) is 5.73 Å². The van der Waals surface area contributed by atoms with Gasteiger partial charge in [0.1, 0.15) is 11.8 Å². The Morgan fingerprint density at radius 2 is 2.06 bits per heavy atom. The number of piperidine rings is 1. The van der Waals surface area contributed by atoms with E-state index in [1.165, 1.54) is 5.56 Å². The molecule has 0 aliphatic carbocycles. The molecule has 0 unspecified atom stereocenters. The molecule has 0 spiro atoms. The van der Waals surface area contributed by atoms with E-state index in [1.807, 2.05) is 42.9 Å². The number of nitrogens with one attached hydrogen (secondary N) is 2. The van der Waals surface area contributed by atoms with Crippen molar-refractivity contribution in [2.45, 2.75) is 45.3 Å². The van der Waals surface area contributed by atoms with Crippen LogP contribution in [0, 0.1) is 0 Å². The summed E-state index contributed by atoms with van der Waals surface area (Å²) in [5.41, 5.74) is 11.0. The van der Waals surface area contributed by atoms with Crippen molar-refractivity contribution in [3.63, 3.8) is 0 Å². The molecule has 180 valence electrons. The second kappa shape index (κ2) is 8.75. The molecule has 0 amide bonds. The normalized spacial score (nSPS) is 15.5. The zero-order chi connectivity index (χ0) is 23.9. The van der Waals surface area contributed by atoms with E-state index in [-0.39, 0.29) is 6.04 Å². The highest BCUT2D eigenvalue weighted by Gasteiger charge is 2.20. The molecule has 4 aromatic heterocycles. The van der Waals surface area contributed by atoms with Gasteiger partial charge in [-0.2, -0.15) is 9.90 Å². The van der Waals surface area contributed by atoms with Crippen molar-refractivity contribution in [3.8, 4) is 11.4 Å². The number of benzene rings is 1. The molecule has 11 nitrogen and oxygen atoms in total. The molecule has 0 radical (unpaired) electrons. The highest BCUT2D eigenvalue weighted by Crippen LogP contribution is 2.32. The minimum absolute atomic E-state index is 0.141. The molecule has 0 bridgehead atoms. The van der Waals surface area contributed by atoms with Crippen molar-refractivity contribution >= 4 is 27.9 Å². The Hall–Kier alpha value is -3.83. The van der Waals surface area contributed by atoms with Gasteiger partial charge < -0.3 is 16.0 Å².